The van der Waals surface area contributed by atoms with Gasteiger partial charge in [-0.3, -0.25) is 0 Å². The van der Waals surface area contributed by atoms with Gasteiger partial charge >= 0.3 is 11.0 Å². The fourth-order valence-electron chi connectivity index (χ4n) is 0.464. The molecule has 0 aromatic rings. The first-order valence-electron chi connectivity index (χ1n) is 3.07. The number of hydrogen-bond donors (Lipinski definition) is 0. The van der Waals surface area contributed by atoms with E-state index in [0.717, 1.165) is 0 Å². The summed E-state index contributed by atoms with van der Waals surface area (Å²) in [6.45, 7) is 0. The van der Waals surface area contributed by atoms with Crippen molar-refractivity contribution >= 4 is 25.6 Å². The molecule has 0 unspecified atom stereocenters. The van der Waals surface area contributed by atoms with Gasteiger partial charge in [0.05, 0.1) is 0 Å². The maximum Gasteiger partial charge on any atom is 0.503 e. The van der Waals surface area contributed by atoms with Gasteiger partial charge in [0.15, 0.2) is 5.94 Å². The number of sulfone groups is 2. The van der Waals surface area contributed by atoms with Crippen LogP contribution in [0.1, 0.15) is 0 Å². The zero-order valence-electron chi connectivity index (χ0n) is 7.13. The van der Waals surface area contributed by atoms with Crippen molar-refractivity contribution in [3.8, 4) is 0 Å². The van der Waals surface area contributed by atoms with Crippen molar-refractivity contribution in [3.63, 3.8) is 0 Å². The summed E-state index contributed by atoms with van der Waals surface area (Å²) < 4.78 is 109. The molecule has 0 heterocycles. The number of alkyl halides is 6. The van der Waals surface area contributed by atoms with E-state index in [2.05, 4.69) is 0 Å². The summed E-state index contributed by atoms with van der Waals surface area (Å²) in [5.74, 6) is -0.354. The first-order valence-corrected chi connectivity index (χ1v) is 6.04. The van der Waals surface area contributed by atoms with Crippen LogP contribution in [0.2, 0.25) is 0 Å². The normalized spacial score (nSPS) is 14.2. The molecule has 0 saturated carbocycles. The molecule has 0 atom stereocenters. The highest BCUT2D eigenvalue weighted by molar-refractivity contribution is 8.15. The van der Waals surface area contributed by atoms with Gasteiger partial charge < -0.3 is 0 Å². The fourth-order valence-corrected chi connectivity index (χ4v) is 2.83. The molecule has 0 amide bonds. The molecular weight excluding hydrogens is 306 g/mol. The first kappa shape index (κ1) is 15.9. The third kappa shape index (κ3) is 2.61. The highest BCUT2D eigenvalue weighted by Crippen LogP contribution is 2.37. The molecule has 17 heavy (non-hydrogen) atoms. The second-order valence-corrected chi connectivity index (χ2v) is 6.30. The van der Waals surface area contributed by atoms with E-state index in [1.54, 1.807) is 0 Å². The quantitative estimate of drug-likeness (QED) is 0.549. The van der Waals surface area contributed by atoms with Crippen molar-refractivity contribution in [1.29, 1.82) is 0 Å². The van der Waals surface area contributed by atoms with Gasteiger partial charge in [-0.15, -0.1) is 0 Å². The van der Waals surface area contributed by atoms with E-state index in [1.807, 2.05) is 0 Å². The number of hydrogen-bond acceptors (Lipinski definition) is 5. The second kappa shape index (κ2) is 3.99. The first-order chi connectivity index (χ1) is 7.19. The van der Waals surface area contributed by atoms with Gasteiger partial charge in [0.1, 0.15) is 0 Å². The SMILES string of the molecule is O=C=C(S(=O)(=O)C(F)(F)F)S(=O)(=O)C(F)(F)F. The van der Waals surface area contributed by atoms with Crippen LogP contribution >= 0.6 is 0 Å². The largest absolute Gasteiger partial charge is 0.503 e. The number of halogens is 6. The van der Waals surface area contributed by atoms with Crippen LogP contribution in [0.15, 0.2) is 4.24 Å². The molecule has 0 aliphatic carbocycles. The Morgan fingerprint density at radius 2 is 1.00 bits per heavy atom. The Kier molecular flexibility index (Phi) is 3.74. The molecule has 5 nitrogen and oxygen atoms in total. The third-order valence-corrected chi connectivity index (χ3v) is 4.86. The lowest BCUT2D eigenvalue weighted by Gasteiger charge is -2.11. The number of carbonyl (C=O) groups excluding carboxylic acids is 1. The highest BCUT2D eigenvalue weighted by Gasteiger charge is 2.60. The highest BCUT2D eigenvalue weighted by atomic mass is 32.3. The Morgan fingerprint density at radius 1 is 0.765 bits per heavy atom. The Bertz CT molecular complexity index is 511. The van der Waals surface area contributed by atoms with E-state index in [9.17, 15) is 48.0 Å². The summed E-state index contributed by atoms with van der Waals surface area (Å²) in [5.41, 5.74) is -12.7. The Morgan fingerprint density at radius 3 is 1.12 bits per heavy atom. The predicted octanol–water partition coefficient (Wildman–Crippen LogP) is 0.529. The van der Waals surface area contributed by atoms with E-state index in [1.165, 1.54) is 0 Å². The minimum absolute atomic E-state index is 0.354. The van der Waals surface area contributed by atoms with Crippen LogP contribution < -0.4 is 0 Å². The van der Waals surface area contributed by atoms with E-state index >= 15 is 0 Å². The molecule has 0 aliphatic heterocycles. The van der Waals surface area contributed by atoms with Crippen molar-refractivity contribution in [3.05, 3.63) is 4.24 Å². The third-order valence-electron chi connectivity index (χ3n) is 1.18. The molecule has 0 aromatic heterocycles. The van der Waals surface area contributed by atoms with Gasteiger partial charge in [0.25, 0.3) is 23.9 Å². The summed E-state index contributed by atoms with van der Waals surface area (Å²) in [6.07, 6.45) is 0. The maximum atomic E-state index is 11.8. The van der Waals surface area contributed by atoms with Crippen LogP contribution in [0.4, 0.5) is 26.3 Å². The molecule has 0 spiro atoms. The van der Waals surface area contributed by atoms with Crippen LogP contribution in [0.5, 0.6) is 0 Å². The minimum Gasteiger partial charge on any atom is -0.231 e. The number of rotatable bonds is 2. The summed E-state index contributed by atoms with van der Waals surface area (Å²) in [6, 6.07) is 0. The summed E-state index contributed by atoms with van der Waals surface area (Å²) in [7, 11) is -13.9. The zero-order chi connectivity index (χ0) is 14.3. The van der Waals surface area contributed by atoms with Gasteiger partial charge in [0, 0.05) is 0 Å². The fraction of sp³-hybridized carbons (Fsp3) is 0.500. The zero-order valence-corrected chi connectivity index (χ0v) is 8.76. The van der Waals surface area contributed by atoms with E-state index in [4.69, 9.17) is 0 Å². The lowest BCUT2D eigenvalue weighted by molar-refractivity contribution is -0.0443. The summed E-state index contributed by atoms with van der Waals surface area (Å²) in [5, 5.41) is 0. The molecule has 0 fully saturated rings. The van der Waals surface area contributed by atoms with Gasteiger partial charge in [-0.05, 0) is 0 Å². The van der Waals surface area contributed by atoms with Crippen molar-refractivity contribution < 1.29 is 48.0 Å². The molecular formula is C4F6O5S2. The van der Waals surface area contributed by atoms with Crippen molar-refractivity contribution in [1.82, 2.24) is 0 Å². The van der Waals surface area contributed by atoms with E-state index < -0.39 is 34.9 Å². The maximum absolute atomic E-state index is 11.8. The average molecular weight is 306 g/mol. The molecule has 0 rings (SSSR count). The van der Waals surface area contributed by atoms with Gasteiger partial charge in [-0.25, -0.2) is 21.6 Å². The van der Waals surface area contributed by atoms with Crippen LogP contribution in [0.3, 0.4) is 0 Å². The smallest absolute Gasteiger partial charge is 0.231 e. The molecule has 0 N–H and O–H groups in total. The topological polar surface area (TPSA) is 85.3 Å². The predicted molar refractivity (Wildman–Crippen MR) is 39.2 cm³/mol. The van der Waals surface area contributed by atoms with Gasteiger partial charge in [-0.2, -0.15) is 26.3 Å². The molecule has 13 heteroatoms. The molecule has 0 saturated heterocycles. The summed E-state index contributed by atoms with van der Waals surface area (Å²) in [4.78, 5) is 9.77. The molecule has 0 aromatic carbocycles. The second-order valence-electron chi connectivity index (χ2n) is 2.29. The van der Waals surface area contributed by atoms with Crippen LogP contribution in [-0.2, 0) is 24.5 Å². The standard InChI is InChI=1S/C4F6O5S2/c5-3(6,7)16(12,13)2(1-11)17(14,15)4(8,9)10. The lowest BCUT2D eigenvalue weighted by atomic mass is 11.2. The van der Waals surface area contributed by atoms with E-state index in [-0.39, 0.29) is 5.94 Å². The van der Waals surface area contributed by atoms with Gasteiger partial charge in [0.2, 0.25) is 0 Å². The van der Waals surface area contributed by atoms with Crippen LogP contribution in [-0.4, -0.2) is 33.8 Å². The van der Waals surface area contributed by atoms with Crippen molar-refractivity contribution in [2.75, 3.05) is 0 Å². The van der Waals surface area contributed by atoms with Crippen LogP contribution in [0.25, 0.3) is 0 Å². The molecule has 100 valence electrons. The Hall–Kier alpha value is -1.07. The Labute approximate surface area is 89.6 Å². The van der Waals surface area contributed by atoms with Crippen molar-refractivity contribution in [2.24, 2.45) is 0 Å². The summed E-state index contributed by atoms with van der Waals surface area (Å²) >= 11 is 0. The monoisotopic (exact) mass is 306 g/mol. The molecule has 0 bridgehead atoms. The average Bonchev–Trinajstić information content (AvgIpc) is 1.99. The molecule has 0 radical (unpaired) electrons. The Balaban J connectivity index is 6.23. The van der Waals surface area contributed by atoms with Crippen LogP contribution in [0, 0.1) is 0 Å². The lowest BCUT2D eigenvalue weighted by Crippen LogP contribution is -2.34. The minimum atomic E-state index is -6.94. The van der Waals surface area contributed by atoms with Crippen molar-refractivity contribution in [2.45, 2.75) is 11.0 Å². The van der Waals surface area contributed by atoms with E-state index in [0.29, 0.717) is 0 Å². The van der Waals surface area contributed by atoms with Gasteiger partial charge in [-0.1, -0.05) is 0 Å². The molecule has 0 aliphatic rings.